The van der Waals surface area contributed by atoms with Crippen LogP contribution in [0.15, 0.2) is 0 Å². The molecule has 0 aliphatic rings. The normalized spacial score (nSPS) is 11.8. The molecular weight excluding hydrogens is 175 g/mol. The summed E-state index contributed by atoms with van der Waals surface area (Å²) in [6.07, 6.45) is -4.28. The van der Waals surface area contributed by atoms with Gasteiger partial charge in [0.2, 0.25) is 0 Å². The van der Waals surface area contributed by atoms with Gasteiger partial charge in [0.15, 0.2) is 0 Å². The zero-order valence-electron chi connectivity index (χ0n) is 6.81. The van der Waals surface area contributed by atoms with Crippen molar-refractivity contribution < 1.29 is 22.7 Å². The number of alkyl halides is 3. The van der Waals surface area contributed by atoms with Gasteiger partial charge in [-0.05, 0) is 7.05 Å². The molecule has 0 rings (SSSR count). The molecule has 0 heterocycles. The summed E-state index contributed by atoms with van der Waals surface area (Å²) in [5, 5.41) is 0. The minimum absolute atomic E-state index is 0.351. The second-order valence-corrected chi connectivity index (χ2v) is 2.36. The van der Waals surface area contributed by atoms with E-state index in [4.69, 9.17) is 0 Å². The SMILES string of the molecule is COC(=O)CN(C)CC(F)(F)F. The topological polar surface area (TPSA) is 29.5 Å². The molecule has 0 N–H and O–H groups in total. The molecule has 0 saturated carbocycles. The molecule has 0 atom stereocenters. The number of carbonyl (C=O) groups excluding carboxylic acids is 1. The molecule has 0 radical (unpaired) electrons. The number of hydrogen-bond donors (Lipinski definition) is 0. The molecule has 0 bridgehead atoms. The Morgan fingerprint density at radius 3 is 2.33 bits per heavy atom. The molecule has 0 fully saturated rings. The summed E-state index contributed by atoms with van der Waals surface area (Å²) >= 11 is 0. The Bertz CT molecular complexity index is 157. The largest absolute Gasteiger partial charge is 0.468 e. The van der Waals surface area contributed by atoms with Crippen molar-refractivity contribution in [3.8, 4) is 0 Å². The lowest BCUT2D eigenvalue weighted by atomic mass is 10.5. The van der Waals surface area contributed by atoms with Gasteiger partial charge in [-0.1, -0.05) is 0 Å². The van der Waals surface area contributed by atoms with Crippen molar-refractivity contribution in [2.75, 3.05) is 27.2 Å². The van der Waals surface area contributed by atoms with Gasteiger partial charge in [-0.2, -0.15) is 13.2 Å². The van der Waals surface area contributed by atoms with Gasteiger partial charge in [0, 0.05) is 0 Å². The maximum absolute atomic E-state index is 11.7. The lowest BCUT2D eigenvalue weighted by molar-refractivity contribution is -0.153. The number of likely N-dealkylation sites (N-methyl/N-ethyl adjacent to an activating group) is 1. The monoisotopic (exact) mass is 185 g/mol. The number of carbonyl (C=O) groups is 1. The molecule has 0 spiro atoms. The summed E-state index contributed by atoms with van der Waals surface area (Å²) in [7, 11) is 2.33. The minimum Gasteiger partial charge on any atom is -0.468 e. The quantitative estimate of drug-likeness (QED) is 0.605. The van der Waals surface area contributed by atoms with Gasteiger partial charge in [-0.3, -0.25) is 9.69 Å². The first-order valence-corrected chi connectivity index (χ1v) is 3.17. The molecule has 0 aliphatic carbocycles. The summed E-state index contributed by atoms with van der Waals surface area (Å²) < 4.78 is 39.2. The van der Waals surface area contributed by atoms with Crippen LogP contribution < -0.4 is 0 Å². The van der Waals surface area contributed by atoms with Crippen LogP contribution in [-0.4, -0.2) is 44.3 Å². The van der Waals surface area contributed by atoms with E-state index in [2.05, 4.69) is 4.74 Å². The smallest absolute Gasteiger partial charge is 0.401 e. The number of rotatable bonds is 3. The zero-order valence-corrected chi connectivity index (χ0v) is 6.81. The molecule has 0 unspecified atom stereocenters. The van der Waals surface area contributed by atoms with E-state index in [1.807, 2.05) is 0 Å². The average Bonchev–Trinajstić information content (AvgIpc) is 1.82. The Morgan fingerprint density at radius 1 is 1.50 bits per heavy atom. The first-order valence-electron chi connectivity index (χ1n) is 3.17. The number of hydrogen-bond acceptors (Lipinski definition) is 3. The molecule has 0 aliphatic heterocycles. The second-order valence-electron chi connectivity index (χ2n) is 2.36. The van der Waals surface area contributed by atoms with E-state index < -0.39 is 18.7 Å². The summed E-state index contributed by atoms with van der Waals surface area (Å²) in [6.45, 7) is -1.46. The van der Waals surface area contributed by atoms with E-state index >= 15 is 0 Å². The van der Waals surface area contributed by atoms with Crippen LogP contribution in [0.2, 0.25) is 0 Å². The number of nitrogens with zero attached hydrogens (tertiary/aromatic N) is 1. The van der Waals surface area contributed by atoms with Crippen LogP contribution in [-0.2, 0) is 9.53 Å². The van der Waals surface area contributed by atoms with Crippen LogP contribution in [0.25, 0.3) is 0 Å². The Hall–Kier alpha value is -0.780. The van der Waals surface area contributed by atoms with Crippen LogP contribution in [0.5, 0.6) is 0 Å². The Kier molecular flexibility index (Phi) is 4.02. The molecule has 0 aromatic carbocycles. The number of methoxy groups -OCH3 is 1. The van der Waals surface area contributed by atoms with Crippen molar-refractivity contribution in [1.29, 1.82) is 0 Å². The van der Waals surface area contributed by atoms with Crippen molar-refractivity contribution in [2.24, 2.45) is 0 Å². The van der Waals surface area contributed by atoms with Gasteiger partial charge in [0.25, 0.3) is 0 Å². The average molecular weight is 185 g/mol. The maximum Gasteiger partial charge on any atom is 0.401 e. The van der Waals surface area contributed by atoms with Crippen molar-refractivity contribution >= 4 is 5.97 Å². The highest BCUT2D eigenvalue weighted by Crippen LogP contribution is 2.15. The third-order valence-corrected chi connectivity index (χ3v) is 1.08. The van der Waals surface area contributed by atoms with E-state index in [0.29, 0.717) is 0 Å². The molecule has 0 saturated heterocycles. The molecule has 72 valence electrons. The number of halogens is 3. The molecule has 6 heteroatoms. The molecule has 0 amide bonds. The van der Waals surface area contributed by atoms with Gasteiger partial charge in [0.05, 0.1) is 20.2 Å². The van der Waals surface area contributed by atoms with E-state index in [0.717, 1.165) is 12.0 Å². The highest BCUT2D eigenvalue weighted by atomic mass is 19.4. The lowest BCUT2D eigenvalue weighted by Crippen LogP contribution is -2.35. The Morgan fingerprint density at radius 2 is 2.00 bits per heavy atom. The lowest BCUT2D eigenvalue weighted by Gasteiger charge is -2.16. The van der Waals surface area contributed by atoms with Crippen LogP contribution >= 0.6 is 0 Å². The molecule has 0 aromatic heterocycles. The summed E-state index contributed by atoms with van der Waals surface area (Å²) in [4.78, 5) is 11.3. The molecule has 3 nitrogen and oxygen atoms in total. The minimum atomic E-state index is -4.28. The van der Waals surface area contributed by atoms with Crippen LogP contribution in [0.3, 0.4) is 0 Å². The van der Waals surface area contributed by atoms with E-state index in [1.165, 1.54) is 7.05 Å². The van der Waals surface area contributed by atoms with Crippen molar-refractivity contribution in [3.63, 3.8) is 0 Å². The maximum atomic E-state index is 11.7. The van der Waals surface area contributed by atoms with Gasteiger partial charge in [-0.15, -0.1) is 0 Å². The molecule has 0 aromatic rings. The summed E-state index contributed by atoms with van der Waals surface area (Å²) in [6, 6.07) is 0. The predicted octanol–water partition coefficient (Wildman–Crippen LogP) is 0.653. The molecule has 12 heavy (non-hydrogen) atoms. The first kappa shape index (κ1) is 11.2. The predicted molar refractivity (Wildman–Crippen MR) is 35.6 cm³/mol. The van der Waals surface area contributed by atoms with Gasteiger partial charge in [-0.25, -0.2) is 0 Å². The summed E-state index contributed by atoms with van der Waals surface area (Å²) in [5.41, 5.74) is 0. The van der Waals surface area contributed by atoms with Crippen LogP contribution in [0.4, 0.5) is 13.2 Å². The van der Waals surface area contributed by atoms with Gasteiger partial charge >= 0.3 is 12.1 Å². The Labute approximate surface area is 68.1 Å². The fourth-order valence-corrected chi connectivity index (χ4v) is 0.647. The standard InChI is InChI=1S/C6H10F3NO2/c1-10(3-5(11)12-2)4-6(7,8)9/h3-4H2,1-2H3. The van der Waals surface area contributed by atoms with E-state index in [9.17, 15) is 18.0 Å². The first-order chi connectivity index (χ1) is 5.35. The summed E-state index contributed by atoms with van der Waals surface area (Å²) in [5.74, 6) is -0.679. The van der Waals surface area contributed by atoms with Gasteiger partial charge in [0.1, 0.15) is 0 Å². The zero-order chi connectivity index (χ0) is 9.78. The van der Waals surface area contributed by atoms with Crippen molar-refractivity contribution in [1.82, 2.24) is 4.90 Å². The van der Waals surface area contributed by atoms with Crippen molar-refractivity contribution in [2.45, 2.75) is 6.18 Å². The van der Waals surface area contributed by atoms with Gasteiger partial charge < -0.3 is 4.74 Å². The van der Waals surface area contributed by atoms with Crippen LogP contribution in [0, 0.1) is 0 Å². The number of esters is 1. The van der Waals surface area contributed by atoms with E-state index in [-0.39, 0.29) is 6.54 Å². The van der Waals surface area contributed by atoms with Crippen molar-refractivity contribution in [3.05, 3.63) is 0 Å². The third kappa shape index (κ3) is 5.96. The number of ether oxygens (including phenoxy) is 1. The highest BCUT2D eigenvalue weighted by Gasteiger charge is 2.29. The highest BCUT2D eigenvalue weighted by molar-refractivity contribution is 5.71. The second kappa shape index (κ2) is 4.30. The molecular formula is C6H10F3NO2. The van der Waals surface area contributed by atoms with E-state index in [1.54, 1.807) is 0 Å². The third-order valence-electron chi connectivity index (χ3n) is 1.08. The van der Waals surface area contributed by atoms with Crippen LogP contribution in [0.1, 0.15) is 0 Å². The fourth-order valence-electron chi connectivity index (χ4n) is 0.647. The Balaban J connectivity index is 3.74. The fraction of sp³-hybridized carbons (Fsp3) is 0.833.